The standard InChI is InChI=1S/C14H17ClN4O/c1-19(12-6-7-16-8-12)9-13-17-14(18-20-13)10-2-4-11(15)5-3-10/h2-5,12,16H,6-9H2,1H3. The maximum atomic E-state index is 5.87. The molecule has 0 amide bonds. The van der Waals surface area contributed by atoms with Gasteiger partial charge in [-0.05, 0) is 44.3 Å². The Balaban J connectivity index is 1.68. The largest absolute Gasteiger partial charge is 0.338 e. The molecule has 1 aliphatic rings. The van der Waals surface area contributed by atoms with Gasteiger partial charge in [-0.25, -0.2) is 0 Å². The third-order valence-electron chi connectivity index (χ3n) is 3.61. The average molecular weight is 293 g/mol. The zero-order chi connectivity index (χ0) is 13.9. The maximum Gasteiger partial charge on any atom is 0.241 e. The van der Waals surface area contributed by atoms with Crippen LogP contribution in [-0.2, 0) is 6.54 Å². The van der Waals surface area contributed by atoms with Crippen molar-refractivity contribution in [2.24, 2.45) is 0 Å². The van der Waals surface area contributed by atoms with E-state index >= 15 is 0 Å². The summed E-state index contributed by atoms with van der Waals surface area (Å²) in [7, 11) is 2.09. The minimum atomic E-state index is 0.542. The van der Waals surface area contributed by atoms with Gasteiger partial charge in [0.05, 0.1) is 6.54 Å². The van der Waals surface area contributed by atoms with Crippen LogP contribution in [0.4, 0.5) is 0 Å². The van der Waals surface area contributed by atoms with E-state index in [0.29, 0.717) is 29.3 Å². The van der Waals surface area contributed by atoms with E-state index in [2.05, 4.69) is 27.4 Å². The highest BCUT2D eigenvalue weighted by Crippen LogP contribution is 2.19. The second-order valence-electron chi connectivity index (χ2n) is 5.08. The molecular formula is C14H17ClN4O. The summed E-state index contributed by atoms with van der Waals surface area (Å²) in [5.74, 6) is 1.25. The van der Waals surface area contributed by atoms with E-state index in [4.69, 9.17) is 16.1 Å². The van der Waals surface area contributed by atoms with Crippen LogP contribution in [0.25, 0.3) is 11.4 Å². The minimum Gasteiger partial charge on any atom is -0.338 e. The van der Waals surface area contributed by atoms with Gasteiger partial charge in [0.25, 0.3) is 0 Å². The molecule has 0 bridgehead atoms. The zero-order valence-corrected chi connectivity index (χ0v) is 12.1. The molecule has 0 radical (unpaired) electrons. The Labute approximate surface area is 122 Å². The third kappa shape index (κ3) is 3.00. The molecule has 3 rings (SSSR count). The van der Waals surface area contributed by atoms with Crippen molar-refractivity contribution in [3.8, 4) is 11.4 Å². The van der Waals surface area contributed by atoms with Crippen molar-refractivity contribution >= 4 is 11.6 Å². The van der Waals surface area contributed by atoms with Gasteiger partial charge in [-0.3, -0.25) is 4.90 Å². The highest BCUT2D eigenvalue weighted by atomic mass is 35.5. The van der Waals surface area contributed by atoms with Gasteiger partial charge in [0, 0.05) is 23.2 Å². The van der Waals surface area contributed by atoms with Gasteiger partial charge in [0.15, 0.2) is 0 Å². The molecule has 1 aromatic heterocycles. The molecule has 1 N–H and O–H groups in total. The Bertz CT molecular complexity index is 563. The number of hydrogen-bond donors (Lipinski definition) is 1. The van der Waals surface area contributed by atoms with E-state index in [1.165, 1.54) is 0 Å². The van der Waals surface area contributed by atoms with Crippen LogP contribution in [-0.4, -0.2) is 41.2 Å². The summed E-state index contributed by atoms with van der Waals surface area (Å²) >= 11 is 5.87. The van der Waals surface area contributed by atoms with Gasteiger partial charge in [0.2, 0.25) is 11.7 Å². The molecule has 0 spiro atoms. The summed E-state index contributed by atoms with van der Waals surface area (Å²) in [4.78, 5) is 6.69. The van der Waals surface area contributed by atoms with E-state index in [0.717, 1.165) is 25.1 Å². The van der Waals surface area contributed by atoms with Crippen molar-refractivity contribution < 1.29 is 4.52 Å². The number of likely N-dealkylation sites (N-methyl/N-ethyl adjacent to an activating group) is 1. The average Bonchev–Trinajstić information content (AvgIpc) is 3.10. The van der Waals surface area contributed by atoms with Gasteiger partial charge < -0.3 is 9.84 Å². The molecule has 2 heterocycles. The van der Waals surface area contributed by atoms with E-state index in [1.807, 2.05) is 24.3 Å². The minimum absolute atomic E-state index is 0.542. The van der Waals surface area contributed by atoms with Crippen LogP contribution in [0.15, 0.2) is 28.8 Å². The highest BCUT2D eigenvalue weighted by Gasteiger charge is 2.21. The second kappa shape index (κ2) is 5.91. The lowest BCUT2D eigenvalue weighted by atomic mass is 10.2. The molecule has 1 aliphatic heterocycles. The monoisotopic (exact) mass is 292 g/mol. The zero-order valence-electron chi connectivity index (χ0n) is 11.3. The Kier molecular flexibility index (Phi) is 4.00. The molecule has 0 saturated carbocycles. The Morgan fingerprint density at radius 3 is 2.90 bits per heavy atom. The van der Waals surface area contributed by atoms with Crippen LogP contribution < -0.4 is 5.32 Å². The summed E-state index contributed by atoms with van der Waals surface area (Å²) in [5, 5.41) is 8.08. The van der Waals surface area contributed by atoms with Crippen LogP contribution >= 0.6 is 11.6 Å². The van der Waals surface area contributed by atoms with Crippen molar-refractivity contribution in [1.82, 2.24) is 20.4 Å². The highest BCUT2D eigenvalue weighted by molar-refractivity contribution is 6.30. The van der Waals surface area contributed by atoms with Crippen LogP contribution in [0.3, 0.4) is 0 Å². The Hall–Kier alpha value is -1.43. The number of nitrogens with one attached hydrogen (secondary N) is 1. The number of benzene rings is 1. The van der Waals surface area contributed by atoms with Gasteiger partial charge in [-0.2, -0.15) is 4.98 Å². The first-order valence-corrected chi connectivity index (χ1v) is 7.09. The molecule has 1 saturated heterocycles. The fourth-order valence-electron chi connectivity index (χ4n) is 2.39. The lowest BCUT2D eigenvalue weighted by molar-refractivity contribution is 0.214. The summed E-state index contributed by atoms with van der Waals surface area (Å²) in [6, 6.07) is 7.97. The SMILES string of the molecule is CN(Cc1nc(-c2ccc(Cl)cc2)no1)C1CCNC1. The molecule has 106 valence electrons. The predicted octanol–water partition coefficient (Wildman–Crippen LogP) is 2.18. The van der Waals surface area contributed by atoms with Crippen molar-refractivity contribution in [2.45, 2.75) is 19.0 Å². The first kappa shape index (κ1) is 13.5. The molecule has 20 heavy (non-hydrogen) atoms. The number of aromatic nitrogens is 2. The van der Waals surface area contributed by atoms with Crippen LogP contribution in [0.5, 0.6) is 0 Å². The maximum absolute atomic E-state index is 5.87. The van der Waals surface area contributed by atoms with E-state index < -0.39 is 0 Å². The smallest absolute Gasteiger partial charge is 0.241 e. The quantitative estimate of drug-likeness (QED) is 0.936. The fraction of sp³-hybridized carbons (Fsp3) is 0.429. The summed E-state index contributed by atoms with van der Waals surface area (Å²) in [5.41, 5.74) is 0.912. The summed E-state index contributed by atoms with van der Waals surface area (Å²) < 4.78 is 5.32. The van der Waals surface area contributed by atoms with Crippen molar-refractivity contribution in [1.29, 1.82) is 0 Å². The van der Waals surface area contributed by atoms with Gasteiger partial charge in [-0.1, -0.05) is 16.8 Å². The molecule has 2 aromatic rings. The number of rotatable bonds is 4. The summed E-state index contributed by atoms with van der Waals surface area (Å²) in [6.45, 7) is 2.77. The first-order chi connectivity index (χ1) is 9.72. The Morgan fingerprint density at radius 1 is 1.40 bits per heavy atom. The fourth-order valence-corrected chi connectivity index (χ4v) is 2.52. The van der Waals surface area contributed by atoms with Gasteiger partial charge >= 0.3 is 0 Å². The van der Waals surface area contributed by atoms with Crippen LogP contribution in [0, 0.1) is 0 Å². The van der Waals surface area contributed by atoms with E-state index in [9.17, 15) is 0 Å². The second-order valence-corrected chi connectivity index (χ2v) is 5.52. The Morgan fingerprint density at radius 2 is 2.20 bits per heavy atom. The number of hydrogen-bond acceptors (Lipinski definition) is 5. The lowest BCUT2D eigenvalue weighted by Gasteiger charge is -2.21. The number of nitrogens with zero attached hydrogens (tertiary/aromatic N) is 3. The van der Waals surface area contributed by atoms with Crippen LogP contribution in [0.1, 0.15) is 12.3 Å². The van der Waals surface area contributed by atoms with Crippen molar-refractivity contribution in [3.63, 3.8) is 0 Å². The molecule has 6 heteroatoms. The summed E-state index contributed by atoms with van der Waals surface area (Å²) in [6.07, 6.45) is 1.16. The van der Waals surface area contributed by atoms with Crippen LogP contribution in [0.2, 0.25) is 5.02 Å². The normalized spacial score (nSPS) is 18.9. The molecule has 1 unspecified atom stereocenters. The van der Waals surface area contributed by atoms with Gasteiger partial charge in [-0.15, -0.1) is 0 Å². The van der Waals surface area contributed by atoms with Gasteiger partial charge in [0.1, 0.15) is 0 Å². The molecule has 1 fully saturated rings. The molecule has 0 aliphatic carbocycles. The predicted molar refractivity (Wildman–Crippen MR) is 77.5 cm³/mol. The van der Waals surface area contributed by atoms with E-state index in [-0.39, 0.29) is 0 Å². The third-order valence-corrected chi connectivity index (χ3v) is 3.86. The van der Waals surface area contributed by atoms with Crippen molar-refractivity contribution in [2.75, 3.05) is 20.1 Å². The van der Waals surface area contributed by atoms with Crippen molar-refractivity contribution in [3.05, 3.63) is 35.2 Å². The lowest BCUT2D eigenvalue weighted by Crippen LogP contribution is -2.32. The number of halogens is 1. The molecule has 1 atom stereocenters. The van der Waals surface area contributed by atoms with E-state index in [1.54, 1.807) is 0 Å². The first-order valence-electron chi connectivity index (χ1n) is 6.72. The molecule has 1 aromatic carbocycles. The topological polar surface area (TPSA) is 54.2 Å². The molecule has 5 nitrogen and oxygen atoms in total. The molecular weight excluding hydrogens is 276 g/mol.